The monoisotopic (exact) mass is 433 g/mol. The van der Waals surface area contributed by atoms with Crippen LogP contribution >= 0.6 is 0 Å². The van der Waals surface area contributed by atoms with Gasteiger partial charge in [0.1, 0.15) is 17.3 Å². The van der Waals surface area contributed by atoms with Crippen molar-refractivity contribution in [3.63, 3.8) is 0 Å². The van der Waals surface area contributed by atoms with Crippen LogP contribution in [-0.2, 0) is 6.18 Å². The summed E-state index contributed by atoms with van der Waals surface area (Å²) in [6.07, 6.45) is -1.26. The van der Waals surface area contributed by atoms with Gasteiger partial charge in [0.05, 0.1) is 11.8 Å². The molecule has 0 saturated carbocycles. The Balaban J connectivity index is 1.51. The Kier molecular flexibility index (Phi) is 5.62. The second kappa shape index (κ2) is 8.37. The van der Waals surface area contributed by atoms with Crippen LogP contribution in [0.25, 0.3) is 5.69 Å². The molecule has 4 rings (SSSR count). The van der Waals surface area contributed by atoms with E-state index >= 15 is 0 Å². The van der Waals surface area contributed by atoms with Gasteiger partial charge in [0, 0.05) is 25.3 Å². The van der Waals surface area contributed by atoms with Gasteiger partial charge in [0.2, 0.25) is 0 Å². The molecule has 3 aromatic rings. The molecule has 1 aliphatic heterocycles. The molecule has 0 spiro atoms. The van der Waals surface area contributed by atoms with Gasteiger partial charge in [0.25, 0.3) is 5.91 Å². The highest BCUT2D eigenvalue weighted by atomic mass is 19.4. The molecule has 2 aromatic heterocycles. The number of amides is 1. The average Bonchev–Trinajstić information content (AvgIpc) is 3.21. The van der Waals surface area contributed by atoms with Crippen molar-refractivity contribution >= 4 is 11.7 Å². The van der Waals surface area contributed by atoms with E-state index in [9.17, 15) is 22.4 Å². The number of hydrogen-bond donors (Lipinski definition) is 1. The Hall–Kier alpha value is -3.43. The summed E-state index contributed by atoms with van der Waals surface area (Å²) < 4.78 is 55.8. The highest BCUT2D eigenvalue weighted by Gasteiger charge is 2.41. The van der Waals surface area contributed by atoms with E-state index < -0.39 is 29.2 Å². The number of aromatic nitrogens is 3. The lowest BCUT2D eigenvalue weighted by Crippen LogP contribution is -2.45. The van der Waals surface area contributed by atoms with Crippen LogP contribution in [0.5, 0.6) is 0 Å². The average molecular weight is 433 g/mol. The molecule has 1 amide bonds. The van der Waals surface area contributed by atoms with E-state index in [1.54, 1.807) is 6.20 Å². The summed E-state index contributed by atoms with van der Waals surface area (Å²) in [6.45, 7) is 1.23. The second-order valence-corrected chi connectivity index (χ2v) is 7.19. The lowest BCUT2D eigenvalue weighted by Gasteiger charge is -2.33. The number of carbonyl (C=O) groups excluding carboxylic acids is 1. The summed E-state index contributed by atoms with van der Waals surface area (Å²) in [5.74, 6) is -0.936. The Bertz CT molecular complexity index is 1060. The first-order valence-electron chi connectivity index (χ1n) is 9.71. The van der Waals surface area contributed by atoms with E-state index in [0.717, 1.165) is 18.1 Å². The lowest BCUT2D eigenvalue weighted by atomic mass is 10.0. The third kappa shape index (κ3) is 4.37. The number of piperidine rings is 1. The van der Waals surface area contributed by atoms with E-state index in [4.69, 9.17) is 0 Å². The first-order valence-corrected chi connectivity index (χ1v) is 9.71. The Morgan fingerprint density at radius 2 is 1.77 bits per heavy atom. The summed E-state index contributed by atoms with van der Waals surface area (Å²) in [6, 6.07) is 10.3. The molecule has 6 nitrogen and oxygen atoms in total. The summed E-state index contributed by atoms with van der Waals surface area (Å²) in [7, 11) is 0. The van der Waals surface area contributed by atoms with Gasteiger partial charge in [-0.2, -0.15) is 18.3 Å². The van der Waals surface area contributed by atoms with Crippen LogP contribution in [-0.4, -0.2) is 39.8 Å². The molecule has 1 aromatic carbocycles. The fourth-order valence-electron chi connectivity index (χ4n) is 3.65. The Morgan fingerprint density at radius 1 is 1.06 bits per heavy atom. The van der Waals surface area contributed by atoms with Crippen molar-refractivity contribution in [1.82, 2.24) is 20.1 Å². The van der Waals surface area contributed by atoms with E-state index in [-0.39, 0.29) is 11.7 Å². The molecule has 1 fully saturated rings. The zero-order valence-corrected chi connectivity index (χ0v) is 16.3. The summed E-state index contributed by atoms with van der Waals surface area (Å²) in [5.41, 5.74) is -2.32. The number of anilines is 1. The minimum absolute atomic E-state index is 0.287. The fourth-order valence-corrected chi connectivity index (χ4v) is 3.65. The van der Waals surface area contributed by atoms with Gasteiger partial charge < -0.3 is 10.2 Å². The highest BCUT2D eigenvalue weighted by molar-refractivity contribution is 5.95. The van der Waals surface area contributed by atoms with E-state index in [1.165, 1.54) is 18.2 Å². The largest absolute Gasteiger partial charge is 0.434 e. The first kappa shape index (κ1) is 20.8. The number of rotatable bonds is 4. The second-order valence-electron chi connectivity index (χ2n) is 7.19. The van der Waals surface area contributed by atoms with Crippen molar-refractivity contribution in [1.29, 1.82) is 0 Å². The van der Waals surface area contributed by atoms with E-state index in [1.807, 2.05) is 18.2 Å². The molecule has 0 aliphatic carbocycles. The standard InChI is InChI=1S/C21H19F4N5O/c22-16-5-1-2-6-17(16)30-19(21(23,24)25)15(13-27-30)20(31)28-14-8-11-29(12-9-14)18-7-3-4-10-26-18/h1-7,10,13-14H,8-9,11-12H2,(H,28,31). The molecule has 1 aliphatic rings. The van der Waals surface area contributed by atoms with Crippen LogP contribution in [0.15, 0.2) is 54.9 Å². The first-order chi connectivity index (χ1) is 14.8. The van der Waals surface area contributed by atoms with Crippen molar-refractivity contribution in [3.8, 4) is 5.69 Å². The summed E-state index contributed by atoms with van der Waals surface area (Å²) in [4.78, 5) is 19.0. The van der Waals surface area contributed by atoms with Crippen LogP contribution in [0.3, 0.4) is 0 Å². The third-order valence-corrected chi connectivity index (χ3v) is 5.17. The highest BCUT2D eigenvalue weighted by Crippen LogP contribution is 2.34. The molecule has 1 saturated heterocycles. The maximum Gasteiger partial charge on any atom is 0.434 e. The SMILES string of the molecule is O=C(NC1CCN(c2ccccn2)CC1)c1cnn(-c2ccccc2F)c1C(F)(F)F. The molecule has 0 unspecified atom stereocenters. The van der Waals surface area contributed by atoms with Crippen molar-refractivity contribution in [3.05, 3.63) is 71.9 Å². The van der Waals surface area contributed by atoms with Gasteiger partial charge >= 0.3 is 6.18 Å². The smallest absolute Gasteiger partial charge is 0.356 e. The van der Waals surface area contributed by atoms with Crippen LogP contribution in [0.2, 0.25) is 0 Å². The number of alkyl halides is 3. The normalized spacial score (nSPS) is 15.2. The number of halogens is 4. The predicted octanol–water partition coefficient (Wildman–Crippen LogP) is 3.82. The van der Waals surface area contributed by atoms with E-state index in [2.05, 4.69) is 20.3 Å². The molecule has 0 radical (unpaired) electrons. The topological polar surface area (TPSA) is 63.1 Å². The number of nitrogens with zero attached hydrogens (tertiary/aromatic N) is 4. The van der Waals surface area contributed by atoms with Gasteiger partial charge in [-0.15, -0.1) is 0 Å². The quantitative estimate of drug-likeness (QED) is 0.636. The van der Waals surface area contributed by atoms with Gasteiger partial charge in [-0.1, -0.05) is 18.2 Å². The van der Waals surface area contributed by atoms with Crippen molar-refractivity contribution in [2.24, 2.45) is 0 Å². The maximum absolute atomic E-state index is 14.1. The number of carbonyl (C=O) groups is 1. The maximum atomic E-state index is 14.1. The van der Waals surface area contributed by atoms with Gasteiger partial charge in [-0.25, -0.2) is 14.1 Å². The minimum atomic E-state index is -4.90. The number of benzene rings is 1. The molecule has 1 N–H and O–H groups in total. The molecule has 0 bridgehead atoms. The predicted molar refractivity (Wildman–Crippen MR) is 105 cm³/mol. The van der Waals surface area contributed by atoms with Crippen LogP contribution in [0.4, 0.5) is 23.4 Å². The molecule has 3 heterocycles. The molecular weight excluding hydrogens is 414 g/mol. The molecular formula is C21H19F4N5O. The lowest BCUT2D eigenvalue weighted by molar-refractivity contribution is -0.143. The van der Waals surface area contributed by atoms with Crippen LogP contribution in [0, 0.1) is 5.82 Å². The van der Waals surface area contributed by atoms with Gasteiger partial charge in [-0.05, 0) is 37.1 Å². The molecule has 10 heteroatoms. The van der Waals surface area contributed by atoms with Gasteiger partial charge in [-0.3, -0.25) is 4.79 Å². The number of nitrogens with one attached hydrogen (secondary N) is 1. The number of hydrogen-bond acceptors (Lipinski definition) is 4. The zero-order chi connectivity index (χ0) is 22.0. The zero-order valence-electron chi connectivity index (χ0n) is 16.3. The number of pyridine rings is 1. The number of para-hydroxylation sites is 1. The Morgan fingerprint density at radius 3 is 2.42 bits per heavy atom. The summed E-state index contributed by atoms with van der Waals surface area (Å²) >= 11 is 0. The van der Waals surface area contributed by atoms with Crippen molar-refractivity contribution in [2.45, 2.75) is 25.1 Å². The Labute approximate surface area is 175 Å². The minimum Gasteiger partial charge on any atom is -0.356 e. The van der Waals surface area contributed by atoms with Crippen LogP contribution < -0.4 is 10.2 Å². The molecule has 0 atom stereocenters. The van der Waals surface area contributed by atoms with Crippen LogP contribution in [0.1, 0.15) is 28.9 Å². The third-order valence-electron chi connectivity index (χ3n) is 5.17. The van der Waals surface area contributed by atoms with Crippen molar-refractivity contribution in [2.75, 3.05) is 18.0 Å². The molecule has 162 valence electrons. The van der Waals surface area contributed by atoms with Crippen molar-refractivity contribution < 1.29 is 22.4 Å². The molecule has 31 heavy (non-hydrogen) atoms. The van der Waals surface area contributed by atoms with Gasteiger partial charge in [0.15, 0.2) is 5.69 Å². The fraction of sp³-hybridized carbons (Fsp3) is 0.286. The van der Waals surface area contributed by atoms with E-state index in [0.29, 0.717) is 30.6 Å². The summed E-state index contributed by atoms with van der Waals surface area (Å²) in [5, 5.41) is 6.32.